The van der Waals surface area contributed by atoms with Gasteiger partial charge in [0.05, 0.1) is 5.56 Å². The van der Waals surface area contributed by atoms with Gasteiger partial charge >= 0.3 is 0 Å². The number of carbonyl (C=O) groups is 1. The van der Waals surface area contributed by atoms with Crippen LogP contribution in [0.2, 0.25) is 5.02 Å². The average molecular weight is 438 g/mol. The molecule has 0 aliphatic carbocycles. The number of benzene rings is 1. The maximum absolute atomic E-state index is 12.7. The second-order valence-corrected chi connectivity index (χ2v) is 8.76. The van der Waals surface area contributed by atoms with E-state index in [1.165, 1.54) is 11.3 Å². The minimum absolute atomic E-state index is 0.0195. The summed E-state index contributed by atoms with van der Waals surface area (Å²) in [5.74, 6) is 0.824. The molecule has 0 saturated carbocycles. The van der Waals surface area contributed by atoms with Crippen molar-refractivity contribution in [2.75, 3.05) is 23.3 Å². The van der Waals surface area contributed by atoms with Crippen LogP contribution in [-0.2, 0) is 11.2 Å². The van der Waals surface area contributed by atoms with Gasteiger partial charge in [0.25, 0.3) is 0 Å². The highest BCUT2D eigenvalue weighted by molar-refractivity contribution is 7.15. The Bertz CT molecular complexity index is 1070. The molecule has 1 aromatic carbocycles. The number of pyridine rings is 1. The SMILES string of the molecule is N#Cc1ccc(N2CCC(C(=O)Nc3ncc(Cc4cccc(Cl)c4)s3)CC2)nc1. The third-order valence-electron chi connectivity index (χ3n) is 5.12. The largest absolute Gasteiger partial charge is 0.357 e. The number of nitrogens with one attached hydrogen (secondary N) is 1. The van der Waals surface area contributed by atoms with Crippen LogP contribution in [0.4, 0.5) is 10.9 Å². The molecule has 0 atom stereocenters. The highest BCUT2D eigenvalue weighted by Gasteiger charge is 2.26. The number of aromatic nitrogens is 2. The molecule has 1 aliphatic heterocycles. The van der Waals surface area contributed by atoms with Gasteiger partial charge in [-0.25, -0.2) is 9.97 Å². The number of rotatable bonds is 5. The predicted octanol–water partition coefficient (Wildman–Crippen LogP) is 4.51. The molecule has 3 aromatic rings. The molecule has 2 aromatic heterocycles. The summed E-state index contributed by atoms with van der Waals surface area (Å²) < 4.78 is 0. The Hall–Kier alpha value is -2.95. The Morgan fingerprint density at radius 1 is 1.23 bits per heavy atom. The minimum Gasteiger partial charge on any atom is -0.357 e. The zero-order chi connectivity index (χ0) is 20.9. The van der Waals surface area contributed by atoms with Gasteiger partial charge < -0.3 is 10.2 Å². The maximum atomic E-state index is 12.7. The van der Waals surface area contributed by atoms with Gasteiger partial charge in [-0.05, 0) is 42.7 Å². The Labute approximate surface area is 184 Å². The molecule has 0 unspecified atom stereocenters. The van der Waals surface area contributed by atoms with Crippen LogP contribution in [-0.4, -0.2) is 29.0 Å². The summed E-state index contributed by atoms with van der Waals surface area (Å²) in [6, 6.07) is 13.5. The third kappa shape index (κ3) is 4.96. The average Bonchev–Trinajstić information content (AvgIpc) is 3.20. The minimum atomic E-state index is -0.0417. The zero-order valence-electron chi connectivity index (χ0n) is 16.2. The molecule has 1 fully saturated rings. The molecule has 1 saturated heterocycles. The van der Waals surface area contributed by atoms with Crippen LogP contribution in [0.15, 0.2) is 48.8 Å². The maximum Gasteiger partial charge on any atom is 0.229 e. The van der Waals surface area contributed by atoms with Crippen LogP contribution in [0.1, 0.15) is 28.8 Å². The molecule has 30 heavy (non-hydrogen) atoms. The number of nitriles is 1. The highest BCUT2D eigenvalue weighted by Crippen LogP contribution is 2.26. The van der Waals surface area contributed by atoms with Gasteiger partial charge in [-0.1, -0.05) is 23.7 Å². The molecule has 1 aliphatic rings. The van der Waals surface area contributed by atoms with Crippen LogP contribution in [0.25, 0.3) is 0 Å². The summed E-state index contributed by atoms with van der Waals surface area (Å²) in [4.78, 5) is 24.6. The number of carbonyl (C=O) groups excluding carboxylic acids is 1. The lowest BCUT2D eigenvalue weighted by molar-refractivity contribution is -0.120. The van der Waals surface area contributed by atoms with E-state index in [0.29, 0.717) is 15.7 Å². The molecule has 3 heterocycles. The zero-order valence-corrected chi connectivity index (χ0v) is 17.8. The summed E-state index contributed by atoms with van der Waals surface area (Å²) >= 11 is 7.54. The lowest BCUT2D eigenvalue weighted by Gasteiger charge is -2.31. The predicted molar refractivity (Wildman–Crippen MR) is 119 cm³/mol. The third-order valence-corrected chi connectivity index (χ3v) is 6.27. The van der Waals surface area contributed by atoms with E-state index in [4.69, 9.17) is 16.9 Å². The first kappa shape index (κ1) is 20.3. The summed E-state index contributed by atoms with van der Waals surface area (Å²) in [5, 5.41) is 13.2. The molecule has 152 valence electrons. The standard InChI is InChI=1S/C22H20ClN5OS/c23-18-3-1-2-15(10-18)11-19-14-26-22(30-19)27-21(29)17-6-8-28(9-7-17)20-5-4-16(12-24)13-25-20/h1-5,10,13-14,17H,6-9,11H2,(H,26,27,29). The van der Waals surface area contributed by atoms with Gasteiger partial charge in [-0.15, -0.1) is 11.3 Å². The Morgan fingerprint density at radius 3 is 2.77 bits per heavy atom. The second kappa shape index (κ2) is 9.24. The van der Waals surface area contributed by atoms with Crippen LogP contribution >= 0.6 is 22.9 Å². The second-order valence-electron chi connectivity index (χ2n) is 7.21. The van der Waals surface area contributed by atoms with Gasteiger partial charge in [-0.2, -0.15) is 5.26 Å². The van der Waals surface area contributed by atoms with Crippen molar-refractivity contribution in [2.45, 2.75) is 19.3 Å². The normalized spacial score (nSPS) is 14.3. The lowest BCUT2D eigenvalue weighted by Crippen LogP contribution is -2.38. The van der Waals surface area contributed by atoms with E-state index in [9.17, 15) is 4.79 Å². The molecule has 6 nitrogen and oxygen atoms in total. The van der Waals surface area contributed by atoms with E-state index in [2.05, 4.69) is 26.3 Å². The lowest BCUT2D eigenvalue weighted by atomic mass is 9.96. The van der Waals surface area contributed by atoms with Gasteiger partial charge in [0.15, 0.2) is 5.13 Å². The fraction of sp³-hybridized carbons (Fsp3) is 0.273. The molecule has 0 spiro atoms. The van der Waals surface area contributed by atoms with Crippen molar-refractivity contribution in [1.82, 2.24) is 9.97 Å². The van der Waals surface area contributed by atoms with Crippen molar-refractivity contribution in [1.29, 1.82) is 5.26 Å². The van der Waals surface area contributed by atoms with Crippen LogP contribution in [0.5, 0.6) is 0 Å². The molecule has 0 bridgehead atoms. The molecule has 4 rings (SSSR count). The van der Waals surface area contributed by atoms with Crippen molar-refractivity contribution >= 4 is 39.8 Å². The van der Waals surface area contributed by atoms with Gasteiger partial charge in [0.1, 0.15) is 11.9 Å². The monoisotopic (exact) mass is 437 g/mol. The van der Waals surface area contributed by atoms with Crippen molar-refractivity contribution in [2.24, 2.45) is 5.92 Å². The number of anilines is 2. The smallest absolute Gasteiger partial charge is 0.229 e. The van der Waals surface area contributed by atoms with Crippen molar-refractivity contribution in [3.05, 3.63) is 69.8 Å². The van der Waals surface area contributed by atoms with Crippen molar-refractivity contribution in [3.63, 3.8) is 0 Å². The summed E-state index contributed by atoms with van der Waals surface area (Å²) in [5.41, 5.74) is 1.67. The van der Waals surface area contributed by atoms with Crippen molar-refractivity contribution in [3.8, 4) is 6.07 Å². The Kier molecular flexibility index (Phi) is 6.26. The number of hydrogen-bond donors (Lipinski definition) is 1. The van der Waals surface area contributed by atoms with Crippen LogP contribution < -0.4 is 10.2 Å². The van der Waals surface area contributed by atoms with E-state index >= 15 is 0 Å². The topological polar surface area (TPSA) is 81.9 Å². The van der Waals surface area contributed by atoms with Crippen LogP contribution in [0, 0.1) is 17.2 Å². The van der Waals surface area contributed by atoms with E-state index < -0.39 is 0 Å². The molecule has 0 radical (unpaired) electrons. The molecular formula is C22H20ClN5OS. The molecule has 8 heteroatoms. The summed E-state index contributed by atoms with van der Waals surface area (Å²) in [7, 11) is 0. The van der Waals surface area contributed by atoms with Gasteiger partial charge in [-0.3, -0.25) is 4.79 Å². The number of hydrogen-bond acceptors (Lipinski definition) is 6. The first-order chi connectivity index (χ1) is 14.6. The van der Waals surface area contributed by atoms with Gasteiger partial charge in [0.2, 0.25) is 5.91 Å². The van der Waals surface area contributed by atoms with Gasteiger partial charge in [0, 0.05) is 47.7 Å². The first-order valence-electron chi connectivity index (χ1n) is 9.72. The Balaban J connectivity index is 1.29. The number of amides is 1. The molecule has 1 amide bonds. The fourth-order valence-corrected chi connectivity index (χ4v) is 4.58. The summed E-state index contributed by atoms with van der Waals surface area (Å²) in [6.45, 7) is 1.52. The molecule has 1 N–H and O–H groups in total. The van der Waals surface area contributed by atoms with Crippen LogP contribution in [0.3, 0.4) is 0 Å². The fourth-order valence-electron chi connectivity index (χ4n) is 3.51. The molecular weight excluding hydrogens is 418 g/mol. The van der Waals surface area contributed by atoms with E-state index in [1.807, 2.05) is 30.3 Å². The van der Waals surface area contributed by atoms with E-state index in [0.717, 1.165) is 48.6 Å². The van der Waals surface area contributed by atoms with E-state index in [-0.39, 0.29) is 11.8 Å². The quantitative estimate of drug-likeness (QED) is 0.635. The number of thiazole rings is 1. The van der Waals surface area contributed by atoms with E-state index in [1.54, 1.807) is 18.5 Å². The highest BCUT2D eigenvalue weighted by atomic mass is 35.5. The number of halogens is 1. The first-order valence-corrected chi connectivity index (χ1v) is 10.9. The summed E-state index contributed by atoms with van der Waals surface area (Å²) in [6.07, 6.45) is 5.64. The Morgan fingerprint density at radius 2 is 2.07 bits per heavy atom. The van der Waals surface area contributed by atoms with Crippen molar-refractivity contribution < 1.29 is 4.79 Å². The number of nitrogens with zero attached hydrogens (tertiary/aromatic N) is 4. The number of piperidine rings is 1.